The van der Waals surface area contributed by atoms with E-state index >= 15 is 0 Å². The normalized spacial score (nSPS) is 15.2. The summed E-state index contributed by atoms with van der Waals surface area (Å²) in [6.07, 6.45) is 0. The molecule has 0 spiro atoms. The Kier molecular flexibility index (Phi) is 1.95. The van der Waals surface area contributed by atoms with Gasteiger partial charge in [-0.15, -0.1) is 0 Å². The summed E-state index contributed by atoms with van der Waals surface area (Å²) in [7, 11) is 0. The molecule has 0 saturated carbocycles. The number of anilines is 1. The van der Waals surface area contributed by atoms with E-state index in [1.165, 1.54) is 3.93 Å². The van der Waals surface area contributed by atoms with Crippen molar-refractivity contribution in [2.75, 3.05) is 10.5 Å². The van der Waals surface area contributed by atoms with Gasteiger partial charge in [-0.3, -0.25) is 4.79 Å². The zero-order valence-corrected chi connectivity index (χ0v) is 8.54. The quantitative estimate of drug-likeness (QED) is 0.647. The van der Waals surface area contributed by atoms with E-state index in [0.29, 0.717) is 11.6 Å². The summed E-state index contributed by atoms with van der Waals surface area (Å²) >= 11 is 3.13. The maximum absolute atomic E-state index is 11.2. The molecule has 0 saturated heterocycles. The Morgan fingerprint density at radius 3 is 3.15 bits per heavy atom. The first-order chi connectivity index (χ1) is 6.18. The second-order valence-corrected chi connectivity index (χ2v) is 3.45. The zero-order valence-electron chi connectivity index (χ0n) is 6.95. The molecule has 1 aliphatic rings. The standard InChI is InChI=1S/C8H7BrN2O2/c1-5-2-3-6-8(10-5)11(9)7(12)4-13-6/h2-3H,4H2,1H3. The van der Waals surface area contributed by atoms with Crippen molar-refractivity contribution in [2.45, 2.75) is 6.92 Å². The van der Waals surface area contributed by atoms with E-state index < -0.39 is 0 Å². The van der Waals surface area contributed by atoms with Crippen molar-refractivity contribution in [1.82, 2.24) is 4.98 Å². The summed E-state index contributed by atoms with van der Waals surface area (Å²) < 4.78 is 6.51. The minimum atomic E-state index is -0.148. The summed E-state index contributed by atoms with van der Waals surface area (Å²) in [6, 6.07) is 3.65. The first-order valence-electron chi connectivity index (χ1n) is 3.77. The Morgan fingerprint density at radius 2 is 2.38 bits per heavy atom. The monoisotopic (exact) mass is 242 g/mol. The molecule has 2 rings (SSSR count). The highest BCUT2D eigenvalue weighted by Crippen LogP contribution is 2.31. The van der Waals surface area contributed by atoms with Crippen molar-refractivity contribution in [3.8, 4) is 5.75 Å². The van der Waals surface area contributed by atoms with Gasteiger partial charge >= 0.3 is 0 Å². The number of carbonyl (C=O) groups is 1. The van der Waals surface area contributed by atoms with Crippen molar-refractivity contribution in [3.05, 3.63) is 17.8 Å². The lowest BCUT2D eigenvalue weighted by atomic mass is 10.3. The van der Waals surface area contributed by atoms with Crippen molar-refractivity contribution >= 4 is 27.9 Å². The Bertz CT molecular complexity index is 367. The number of nitrogens with zero attached hydrogens (tertiary/aromatic N) is 2. The van der Waals surface area contributed by atoms with Gasteiger partial charge in [-0.05, 0) is 19.1 Å². The Balaban J connectivity index is 2.51. The van der Waals surface area contributed by atoms with Crippen LogP contribution in [0, 0.1) is 6.92 Å². The average Bonchev–Trinajstić information content (AvgIpc) is 2.12. The van der Waals surface area contributed by atoms with E-state index in [2.05, 4.69) is 21.1 Å². The van der Waals surface area contributed by atoms with Crippen molar-refractivity contribution in [1.29, 1.82) is 0 Å². The summed E-state index contributed by atoms with van der Waals surface area (Å²) in [4.78, 5) is 15.4. The van der Waals surface area contributed by atoms with Crippen LogP contribution in [-0.4, -0.2) is 17.5 Å². The molecule has 0 atom stereocenters. The van der Waals surface area contributed by atoms with Gasteiger partial charge < -0.3 is 4.74 Å². The van der Waals surface area contributed by atoms with Crippen LogP contribution in [0.15, 0.2) is 12.1 Å². The third-order valence-corrected chi connectivity index (χ3v) is 2.47. The first-order valence-corrected chi connectivity index (χ1v) is 4.48. The molecule has 0 unspecified atom stereocenters. The second kappa shape index (κ2) is 2.99. The fourth-order valence-corrected chi connectivity index (χ4v) is 1.45. The van der Waals surface area contributed by atoms with Gasteiger partial charge in [0.15, 0.2) is 18.2 Å². The van der Waals surface area contributed by atoms with Gasteiger partial charge in [-0.1, -0.05) is 0 Å². The maximum atomic E-state index is 11.2. The van der Waals surface area contributed by atoms with Crippen LogP contribution in [0.3, 0.4) is 0 Å². The molecule has 1 amide bonds. The number of fused-ring (bicyclic) bond motifs is 1. The molecule has 68 valence electrons. The summed E-state index contributed by atoms with van der Waals surface area (Å²) in [6.45, 7) is 1.92. The van der Waals surface area contributed by atoms with Crippen LogP contribution < -0.4 is 8.66 Å². The number of aromatic nitrogens is 1. The summed E-state index contributed by atoms with van der Waals surface area (Å²) in [5.41, 5.74) is 0.849. The molecule has 2 heterocycles. The van der Waals surface area contributed by atoms with Crippen LogP contribution in [0.5, 0.6) is 5.75 Å². The van der Waals surface area contributed by atoms with E-state index in [-0.39, 0.29) is 12.5 Å². The number of amides is 1. The van der Waals surface area contributed by atoms with Gasteiger partial charge in [0, 0.05) is 5.69 Å². The van der Waals surface area contributed by atoms with Gasteiger partial charge in [0.2, 0.25) is 0 Å². The number of ether oxygens (including phenoxy) is 1. The summed E-state index contributed by atoms with van der Waals surface area (Å²) in [5.74, 6) is 1.00. The highest BCUT2D eigenvalue weighted by molar-refractivity contribution is 9.10. The third kappa shape index (κ3) is 1.39. The lowest BCUT2D eigenvalue weighted by molar-refractivity contribution is -0.119. The molecule has 4 nitrogen and oxygen atoms in total. The van der Waals surface area contributed by atoms with Gasteiger partial charge in [0.25, 0.3) is 5.91 Å². The van der Waals surface area contributed by atoms with Gasteiger partial charge in [-0.2, -0.15) is 0 Å². The van der Waals surface area contributed by atoms with Crippen molar-refractivity contribution < 1.29 is 9.53 Å². The third-order valence-electron chi connectivity index (χ3n) is 1.73. The molecule has 1 aliphatic heterocycles. The average molecular weight is 243 g/mol. The molecule has 0 fully saturated rings. The summed E-state index contributed by atoms with van der Waals surface area (Å²) in [5, 5.41) is 0. The second-order valence-electron chi connectivity index (χ2n) is 2.74. The topological polar surface area (TPSA) is 42.4 Å². The van der Waals surface area contributed by atoms with Gasteiger partial charge in [-0.25, -0.2) is 8.91 Å². The molecule has 1 aromatic rings. The molecule has 0 radical (unpaired) electrons. The van der Waals surface area contributed by atoms with Crippen molar-refractivity contribution in [3.63, 3.8) is 0 Å². The zero-order chi connectivity index (χ0) is 9.42. The van der Waals surface area contributed by atoms with Gasteiger partial charge in [0.1, 0.15) is 0 Å². The number of aryl methyl sites for hydroxylation is 1. The van der Waals surface area contributed by atoms with Crippen LogP contribution in [0.1, 0.15) is 5.69 Å². The molecule has 0 bridgehead atoms. The highest BCUT2D eigenvalue weighted by atomic mass is 79.9. The molecule has 5 heteroatoms. The largest absolute Gasteiger partial charge is 0.480 e. The van der Waals surface area contributed by atoms with E-state index in [4.69, 9.17) is 4.74 Å². The van der Waals surface area contributed by atoms with E-state index in [0.717, 1.165) is 5.69 Å². The lowest BCUT2D eigenvalue weighted by Gasteiger charge is -2.22. The smallest absolute Gasteiger partial charge is 0.276 e. The lowest BCUT2D eigenvalue weighted by Crippen LogP contribution is -2.31. The molecular weight excluding hydrogens is 236 g/mol. The first kappa shape index (κ1) is 8.50. The van der Waals surface area contributed by atoms with E-state index in [9.17, 15) is 4.79 Å². The van der Waals surface area contributed by atoms with Crippen LogP contribution in [0.2, 0.25) is 0 Å². The predicted molar refractivity (Wildman–Crippen MR) is 50.9 cm³/mol. The molecule has 1 aromatic heterocycles. The molecule has 0 N–H and O–H groups in total. The minimum Gasteiger partial charge on any atom is -0.480 e. The molecule has 13 heavy (non-hydrogen) atoms. The Hall–Kier alpha value is -1.10. The molecule has 0 aromatic carbocycles. The highest BCUT2D eigenvalue weighted by Gasteiger charge is 2.24. The van der Waals surface area contributed by atoms with Crippen LogP contribution in [-0.2, 0) is 4.79 Å². The fraction of sp³-hybridized carbons (Fsp3) is 0.250. The molecule has 0 aliphatic carbocycles. The van der Waals surface area contributed by atoms with Gasteiger partial charge in [0.05, 0.1) is 16.1 Å². The number of carbonyl (C=O) groups excluding carboxylic acids is 1. The minimum absolute atomic E-state index is 0.0585. The van der Waals surface area contributed by atoms with E-state index in [1.807, 2.05) is 13.0 Å². The number of halogens is 1. The SMILES string of the molecule is Cc1ccc2c(n1)N(Br)C(=O)CO2. The predicted octanol–water partition coefficient (Wildman–Crippen LogP) is 1.43. The number of hydrogen-bond acceptors (Lipinski definition) is 3. The fourth-order valence-electron chi connectivity index (χ4n) is 1.10. The Morgan fingerprint density at radius 1 is 1.62 bits per heavy atom. The van der Waals surface area contributed by atoms with Crippen LogP contribution in [0.25, 0.3) is 0 Å². The van der Waals surface area contributed by atoms with E-state index in [1.54, 1.807) is 6.07 Å². The Labute approximate surface area is 83.9 Å². The number of hydrogen-bond donors (Lipinski definition) is 0. The van der Waals surface area contributed by atoms with Crippen molar-refractivity contribution in [2.24, 2.45) is 0 Å². The number of rotatable bonds is 0. The number of pyridine rings is 1. The molecular formula is C8H7BrN2O2. The van der Waals surface area contributed by atoms with Crippen LogP contribution in [0.4, 0.5) is 5.82 Å². The van der Waals surface area contributed by atoms with Crippen LogP contribution >= 0.6 is 16.1 Å². The maximum Gasteiger partial charge on any atom is 0.276 e.